The van der Waals surface area contributed by atoms with Gasteiger partial charge in [-0.15, -0.1) is 0 Å². The first-order valence-corrected chi connectivity index (χ1v) is 8.01. The summed E-state index contributed by atoms with van der Waals surface area (Å²) in [7, 11) is 0. The van der Waals surface area contributed by atoms with E-state index in [0.29, 0.717) is 12.0 Å². The van der Waals surface area contributed by atoms with Gasteiger partial charge in [-0.25, -0.2) is 0 Å². The molecule has 1 atom stereocenters. The smallest absolute Gasteiger partial charge is 0.0476 e. The summed E-state index contributed by atoms with van der Waals surface area (Å²) in [5.74, 6) is 0.402. The van der Waals surface area contributed by atoms with Crippen LogP contribution in [0.1, 0.15) is 31.2 Å². The molecule has 0 spiro atoms. The second-order valence-electron chi connectivity index (χ2n) is 6.07. The van der Waals surface area contributed by atoms with Crippen molar-refractivity contribution >= 4 is 17.3 Å². The van der Waals surface area contributed by atoms with Crippen molar-refractivity contribution in [2.24, 2.45) is 5.92 Å². The number of rotatable bonds is 5. The summed E-state index contributed by atoms with van der Waals surface area (Å²) in [6, 6.07) is 7.08. The quantitative estimate of drug-likeness (QED) is 0.876. The number of halogens is 1. The Hall–Kier alpha value is -0.770. The zero-order chi connectivity index (χ0) is 13.9. The van der Waals surface area contributed by atoms with Crippen LogP contribution in [0.25, 0.3) is 0 Å². The molecular formula is C16H23ClN2O. The highest BCUT2D eigenvalue weighted by atomic mass is 35.5. The minimum Gasteiger partial charge on any atom is -0.396 e. The van der Waals surface area contributed by atoms with Crippen molar-refractivity contribution in [3.8, 4) is 0 Å². The number of anilines is 1. The highest BCUT2D eigenvalue weighted by Gasteiger charge is 2.21. The van der Waals surface area contributed by atoms with Gasteiger partial charge in [-0.05, 0) is 49.3 Å². The second-order valence-corrected chi connectivity index (χ2v) is 6.47. The third-order valence-corrected chi connectivity index (χ3v) is 4.69. The topological polar surface area (TPSA) is 35.5 Å². The molecule has 110 valence electrons. The van der Waals surface area contributed by atoms with Crippen molar-refractivity contribution in [1.29, 1.82) is 0 Å². The Balaban J connectivity index is 1.65. The molecule has 3 rings (SSSR count). The maximum absolute atomic E-state index is 9.32. The van der Waals surface area contributed by atoms with E-state index in [1.165, 1.54) is 24.1 Å². The molecule has 1 saturated carbocycles. The van der Waals surface area contributed by atoms with Gasteiger partial charge >= 0.3 is 0 Å². The van der Waals surface area contributed by atoms with E-state index >= 15 is 0 Å². The maximum atomic E-state index is 9.32. The normalized spacial score (nSPS) is 23.1. The zero-order valence-corrected chi connectivity index (χ0v) is 12.6. The predicted octanol–water partition coefficient (Wildman–Crippen LogP) is 2.80. The van der Waals surface area contributed by atoms with Crippen LogP contribution in [0.2, 0.25) is 5.02 Å². The van der Waals surface area contributed by atoms with Gasteiger partial charge in [0, 0.05) is 43.0 Å². The van der Waals surface area contributed by atoms with Gasteiger partial charge in [0.1, 0.15) is 0 Å². The van der Waals surface area contributed by atoms with Crippen LogP contribution >= 0.6 is 11.6 Å². The first kappa shape index (κ1) is 14.2. The summed E-state index contributed by atoms with van der Waals surface area (Å²) in [5.41, 5.74) is 2.36. The molecule has 1 saturated heterocycles. The Kier molecular flexibility index (Phi) is 4.49. The predicted molar refractivity (Wildman–Crippen MR) is 83.3 cm³/mol. The fourth-order valence-electron chi connectivity index (χ4n) is 2.87. The minimum atomic E-state index is 0.285. The lowest BCUT2D eigenvalue weighted by molar-refractivity contribution is 0.209. The number of piperidine rings is 1. The fourth-order valence-corrected chi connectivity index (χ4v) is 3.11. The molecule has 0 aromatic heterocycles. The molecule has 1 aliphatic heterocycles. The molecule has 0 radical (unpaired) electrons. The van der Waals surface area contributed by atoms with Crippen LogP contribution in [-0.4, -0.2) is 30.8 Å². The molecule has 0 amide bonds. The number of aliphatic hydroxyl groups is 1. The third-order valence-electron chi connectivity index (χ3n) is 4.34. The summed E-state index contributed by atoms with van der Waals surface area (Å²) < 4.78 is 0. The summed E-state index contributed by atoms with van der Waals surface area (Å²) in [4.78, 5) is 2.34. The van der Waals surface area contributed by atoms with Crippen molar-refractivity contribution < 1.29 is 5.11 Å². The first-order valence-electron chi connectivity index (χ1n) is 7.64. The van der Waals surface area contributed by atoms with Gasteiger partial charge in [0.15, 0.2) is 0 Å². The molecule has 2 N–H and O–H groups in total. The van der Waals surface area contributed by atoms with Crippen molar-refractivity contribution in [3.63, 3.8) is 0 Å². The van der Waals surface area contributed by atoms with Crippen LogP contribution in [0.4, 0.5) is 5.69 Å². The standard InChI is InChI=1S/C16H23ClN2O/c17-16-8-15(19-7-1-2-12(10-19)11-20)6-3-13(16)9-18-14-4-5-14/h3,6,8,12,14,18,20H,1-2,4-5,7,9-11H2. The molecule has 4 heteroatoms. The summed E-state index contributed by atoms with van der Waals surface area (Å²) in [6.07, 6.45) is 4.87. The lowest BCUT2D eigenvalue weighted by atomic mass is 9.98. The van der Waals surface area contributed by atoms with E-state index in [2.05, 4.69) is 28.4 Å². The number of hydrogen-bond donors (Lipinski definition) is 2. The zero-order valence-electron chi connectivity index (χ0n) is 11.8. The van der Waals surface area contributed by atoms with Crippen LogP contribution in [0.3, 0.4) is 0 Å². The highest BCUT2D eigenvalue weighted by molar-refractivity contribution is 6.31. The molecule has 0 bridgehead atoms. The van der Waals surface area contributed by atoms with Gasteiger partial charge in [-0.1, -0.05) is 17.7 Å². The van der Waals surface area contributed by atoms with Crippen molar-refractivity contribution in [3.05, 3.63) is 28.8 Å². The molecule has 2 aliphatic rings. The second kappa shape index (κ2) is 6.33. The number of hydrogen-bond acceptors (Lipinski definition) is 3. The van der Waals surface area contributed by atoms with Crippen LogP contribution in [0, 0.1) is 5.92 Å². The molecule has 1 aromatic rings. The van der Waals surface area contributed by atoms with E-state index in [1.54, 1.807) is 0 Å². The van der Waals surface area contributed by atoms with Crippen LogP contribution < -0.4 is 10.2 Å². The van der Waals surface area contributed by atoms with Crippen molar-refractivity contribution in [2.45, 2.75) is 38.3 Å². The van der Waals surface area contributed by atoms with Crippen molar-refractivity contribution in [2.75, 3.05) is 24.6 Å². The molecule has 1 heterocycles. The molecule has 1 aliphatic carbocycles. The van der Waals surface area contributed by atoms with E-state index in [4.69, 9.17) is 11.6 Å². The average Bonchev–Trinajstić information content (AvgIpc) is 3.30. The van der Waals surface area contributed by atoms with Crippen LogP contribution in [-0.2, 0) is 6.54 Å². The Morgan fingerprint density at radius 1 is 1.30 bits per heavy atom. The summed E-state index contributed by atoms with van der Waals surface area (Å²) in [5, 5.41) is 13.7. The van der Waals surface area contributed by atoms with Crippen LogP contribution in [0.5, 0.6) is 0 Å². The highest BCUT2D eigenvalue weighted by Crippen LogP contribution is 2.28. The first-order chi connectivity index (χ1) is 9.76. The SMILES string of the molecule is OCC1CCCN(c2ccc(CNC3CC3)c(Cl)c2)C1. The molecule has 1 aromatic carbocycles. The van der Waals surface area contributed by atoms with E-state index in [-0.39, 0.29) is 6.61 Å². The van der Waals surface area contributed by atoms with Gasteiger partial charge in [0.05, 0.1) is 0 Å². The van der Waals surface area contributed by atoms with E-state index in [9.17, 15) is 5.11 Å². The van der Waals surface area contributed by atoms with E-state index < -0.39 is 0 Å². The van der Waals surface area contributed by atoms with Gasteiger partial charge in [-0.2, -0.15) is 0 Å². The van der Waals surface area contributed by atoms with Gasteiger partial charge < -0.3 is 15.3 Å². The monoisotopic (exact) mass is 294 g/mol. The number of nitrogens with zero attached hydrogens (tertiary/aromatic N) is 1. The molecule has 3 nitrogen and oxygen atoms in total. The average molecular weight is 295 g/mol. The van der Waals surface area contributed by atoms with Gasteiger partial charge in [0.2, 0.25) is 0 Å². The van der Waals surface area contributed by atoms with E-state index in [0.717, 1.165) is 37.5 Å². The molecule has 2 fully saturated rings. The fraction of sp³-hybridized carbons (Fsp3) is 0.625. The largest absolute Gasteiger partial charge is 0.396 e. The Morgan fingerprint density at radius 2 is 2.15 bits per heavy atom. The molecular weight excluding hydrogens is 272 g/mol. The van der Waals surface area contributed by atoms with Gasteiger partial charge in [-0.3, -0.25) is 0 Å². The molecule has 1 unspecified atom stereocenters. The lowest BCUT2D eigenvalue weighted by Crippen LogP contribution is -2.36. The summed E-state index contributed by atoms with van der Waals surface area (Å²) in [6.45, 7) is 3.15. The lowest BCUT2D eigenvalue weighted by Gasteiger charge is -2.33. The number of benzene rings is 1. The van der Waals surface area contributed by atoms with Crippen LogP contribution in [0.15, 0.2) is 18.2 Å². The maximum Gasteiger partial charge on any atom is 0.0476 e. The Bertz CT molecular complexity index is 462. The van der Waals surface area contributed by atoms with E-state index in [1.807, 2.05) is 0 Å². The Morgan fingerprint density at radius 3 is 2.85 bits per heavy atom. The summed E-state index contributed by atoms with van der Waals surface area (Å²) >= 11 is 6.41. The minimum absolute atomic E-state index is 0.285. The molecule has 20 heavy (non-hydrogen) atoms. The third kappa shape index (κ3) is 3.46. The van der Waals surface area contributed by atoms with Gasteiger partial charge in [0.25, 0.3) is 0 Å². The number of aliphatic hydroxyl groups excluding tert-OH is 1. The Labute approximate surface area is 125 Å². The van der Waals surface area contributed by atoms with Crippen molar-refractivity contribution in [1.82, 2.24) is 5.32 Å². The number of nitrogens with one attached hydrogen (secondary N) is 1.